The number of likely N-dealkylation sites (N-methyl/N-ethyl adjacent to an activating group) is 1. The predicted molar refractivity (Wildman–Crippen MR) is 90.2 cm³/mol. The van der Waals surface area contributed by atoms with Gasteiger partial charge in [0.1, 0.15) is 0 Å². The van der Waals surface area contributed by atoms with Crippen molar-refractivity contribution in [2.75, 3.05) is 44.7 Å². The lowest BCUT2D eigenvalue weighted by atomic mass is 10.2. The standard InChI is InChI=1S/C17H25N3O2/c1-4-22-17(21)13-14(2)18-15-5-7-16(8-6-15)20-11-9-19(3)10-12-20/h5-8H,4,9-13H2,1-3H3. The molecular weight excluding hydrogens is 278 g/mol. The van der Waals surface area contributed by atoms with E-state index >= 15 is 0 Å². The number of ether oxygens (including phenoxy) is 1. The van der Waals surface area contributed by atoms with E-state index in [0.717, 1.165) is 37.6 Å². The Morgan fingerprint density at radius 2 is 1.82 bits per heavy atom. The number of rotatable bonds is 5. The van der Waals surface area contributed by atoms with Crippen LogP contribution < -0.4 is 4.90 Å². The molecule has 1 fully saturated rings. The Bertz CT molecular complexity index is 517. The van der Waals surface area contributed by atoms with Crippen LogP contribution in [0.5, 0.6) is 0 Å². The van der Waals surface area contributed by atoms with Crippen molar-refractivity contribution in [1.29, 1.82) is 0 Å². The zero-order valence-corrected chi connectivity index (χ0v) is 13.7. The maximum Gasteiger partial charge on any atom is 0.311 e. The molecule has 0 saturated carbocycles. The first-order chi connectivity index (χ1) is 10.6. The third kappa shape index (κ3) is 4.84. The SMILES string of the molecule is CCOC(=O)CC(C)=Nc1ccc(N2CCN(C)CC2)cc1. The molecule has 0 spiro atoms. The highest BCUT2D eigenvalue weighted by atomic mass is 16.5. The van der Waals surface area contributed by atoms with Gasteiger partial charge in [0.2, 0.25) is 0 Å². The van der Waals surface area contributed by atoms with E-state index in [4.69, 9.17) is 4.74 Å². The predicted octanol–water partition coefficient (Wildman–Crippen LogP) is 2.48. The Morgan fingerprint density at radius 1 is 1.18 bits per heavy atom. The van der Waals surface area contributed by atoms with Gasteiger partial charge in [0, 0.05) is 37.6 Å². The molecule has 0 aromatic heterocycles. The third-order valence-electron chi connectivity index (χ3n) is 3.74. The maximum atomic E-state index is 11.4. The van der Waals surface area contributed by atoms with Gasteiger partial charge in [0.05, 0.1) is 18.7 Å². The lowest BCUT2D eigenvalue weighted by molar-refractivity contribution is -0.141. The number of nitrogens with zero attached hydrogens (tertiary/aromatic N) is 3. The number of carbonyl (C=O) groups excluding carboxylic acids is 1. The quantitative estimate of drug-likeness (QED) is 0.619. The molecule has 0 radical (unpaired) electrons. The van der Waals surface area contributed by atoms with E-state index in [2.05, 4.69) is 34.0 Å². The summed E-state index contributed by atoms with van der Waals surface area (Å²) < 4.78 is 4.93. The van der Waals surface area contributed by atoms with Gasteiger partial charge in [-0.25, -0.2) is 0 Å². The molecule has 0 atom stereocenters. The number of anilines is 1. The van der Waals surface area contributed by atoms with E-state index in [1.165, 1.54) is 5.69 Å². The largest absolute Gasteiger partial charge is 0.466 e. The van der Waals surface area contributed by atoms with Gasteiger partial charge in [-0.05, 0) is 45.2 Å². The van der Waals surface area contributed by atoms with Crippen LogP contribution in [-0.4, -0.2) is 56.4 Å². The van der Waals surface area contributed by atoms with Gasteiger partial charge < -0.3 is 14.5 Å². The molecule has 1 aliphatic heterocycles. The van der Waals surface area contributed by atoms with Gasteiger partial charge in [-0.1, -0.05) is 0 Å². The number of hydrogen-bond acceptors (Lipinski definition) is 5. The molecule has 0 N–H and O–H groups in total. The van der Waals surface area contributed by atoms with Crippen LogP contribution in [0.3, 0.4) is 0 Å². The number of hydrogen-bond donors (Lipinski definition) is 0. The zero-order valence-electron chi connectivity index (χ0n) is 13.7. The Balaban J connectivity index is 1.95. The summed E-state index contributed by atoms with van der Waals surface area (Å²) in [7, 11) is 2.15. The Morgan fingerprint density at radius 3 is 2.41 bits per heavy atom. The van der Waals surface area contributed by atoms with Crippen molar-refractivity contribution in [3.8, 4) is 0 Å². The van der Waals surface area contributed by atoms with Crippen LogP contribution in [0.4, 0.5) is 11.4 Å². The monoisotopic (exact) mass is 303 g/mol. The summed E-state index contributed by atoms with van der Waals surface area (Å²) >= 11 is 0. The first-order valence-electron chi connectivity index (χ1n) is 7.82. The highest BCUT2D eigenvalue weighted by Crippen LogP contribution is 2.21. The molecule has 0 unspecified atom stereocenters. The molecule has 0 aliphatic carbocycles. The maximum absolute atomic E-state index is 11.4. The molecular formula is C17H25N3O2. The van der Waals surface area contributed by atoms with Crippen molar-refractivity contribution in [2.24, 2.45) is 4.99 Å². The molecule has 2 rings (SSSR count). The molecule has 0 bridgehead atoms. The lowest BCUT2D eigenvalue weighted by Crippen LogP contribution is -2.44. The van der Waals surface area contributed by atoms with Crippen molar-refractivity contribution in [2.45, 2.75) is 20.3 Å². The van der Waals surface area contributed by atoms with Crippen molar-refractivity contribution >= 4 is 23.1 Å². The third-order valence-corrected chi connectivity index (χ3v) is 3.74. The fourth-order valence-corrected chi connectivity index (χ4v) is 2.48. The van der Waals surface area contributed by atoms with E-state index in [1.54, 1.807) is 0 Å². The van der Waals surface area contributed by atoms with Crippen LogP contribution in [0, 0.1) is 0 Å². The second-order valence-corrected chi connectivity index (χ2v) is 5.64. The molecule has 5 nitrogen and oxygen atoms in total. The first kappa shape index (κ1) is 16.5. The molecule has 1 saturated heterocycles. The average molecular weight is 303 g/mol. The number of benzene rings is 1. The van der Waals surface area contributed by atoms with Gasteiger partial charge in [-0.3, -0.25) is 9.79 Å². The summed E-state index contributed by atoms with van der Waals surface area (Å²) in [6.07, 6.45) is 0.244. The summed E-state index contributed by atoms with van der Waals surface area (Å²) in [5.74, 6) is -0.224. The van der Waals surface area contributed by atoms with Crippen molar-refractivity contribution in [3.05, 3.63) is 24.3 Å². The Labute approximate surface area is 132 Å². The number of piperazine rings is 1. The fourth-order valence-electron chi connectivity index (χ4n) is 2.48. The summed E-state index contributed by atoms with van der Waals surface area (Å²) in [6, 6.07) is 8.20. The van der Waals surface area contributed by atoms with E-state index in [0.29, 0.717) is 6.61 Å². The van der Waals surface area contributed by atoms with Gasteiger partial charge in [-0.15, -0.1) is 0 Å². The summed E-state index contributed by atoms with van der Waals surface area (Å²) in [4.78, 5) is 20.6. The highest BCUT2D eigenvalue weighted by molar-refractivity contribution is 5.98. The summed E-state index contributed by atoms with van der Waals surface area (Å²) in [6.45, 7) is 8.37. The van der Waals surface area contributed by atoms with Crippen LogP contribution in [0.1, 0.15) is 20.3 Å². The van der Waals surface area contributed by atoms with E-state index in [-0.39, 0.29) is 12.4 Å². The minimum absolute atomic E-state index is 0.224. The molecule has 1 aliphatic rings. The van der Waals surface area contributed by atoms with Crippen LogP contribution in [0.2, 0.25) is 0 Å². The molecule has 1 aromatic rings. The number of carbonyl (C=O) groups is 1. The Hall–Kier alpha value is -1.88. The second-order valence-electron chi connectivity index (χ2n) is 5.64. The first-order valence-corrected chi connectivity index (χ1v) is 7.82. The number of esters is 1. The Kier molecular flexibility index (Phi) is 5.95. The van der Waals surface area contributed by atoms with Crippen LogP contribution in [-0.2, 0) is 9.53 Å². The van der Waals surface area contributed by atoms with Gasteiger partial charge in [0.25, 0.3) is 0 Å². The van der Waals surface area contributed by atoms with Crippen molar-refractivity contribution in [1.82, 2.24) is 4.90 Å². The summed E-state index contributed by atoms with van der Waals surface area (Å²) in [5, 5.41) is 0. The second kappa shape index (κ2) is 7.94. The smallest absolute Gasteiger partial charge is 0.311 e. The minimum Gasteiger partial charge on any atom is -0.466 e. The lowest BCUT2D eigenvalue weighted by Gasteiger charge is -2.34. The molecule has 5 heteroatoms. The minimum atomic E-state index is -0.224. The number of aliphatic imine (C=N–C) groups is 1. The van der Waals surface area contributed by atoms with Gasteiger partial charge in [0.15, 0.2) is 0 Å². The van der Waals surface area contributed by atoms with E-state index < -0.39 is 0 Å². The van der Waals surface area contributed by atoms with E-state index in [9.17, 15) is 4.79 Å². The van der Waals surface area contributed by atoms with Crippen molar-refractivity contribution < 1.29 is 9.53 Å². The normalized spacial score (nSPS) is 16.7. The van der Waals surface area contributed by atoms with Crippen LogP contribution >= 0.6 is 0 Å². The fraction of sp³-hybridized carbons (Fsp3) is 0.529. The topological polar surface area (TPSA) is 45.1 Å². The van der Waals surface area contributed by atoms with Crippen molar-refractivity contribution in [3.63, 3.8) is 0 Å². The summed E-state index contributed by atoms with van der Waals surface area (Å²) in [5.41, 5.74) is 2.88. The molecule has 0 amide bonds. The van der Waals surface area contributed by atoms with Gasteiger partial charge >= 0.3 is 5.97 Å². The van der Waals surface area contributed by atoms with E-state index in [1.807, 2.05) is 26.0 Å². The molecule has 120 valence electrons. The molecule has 1 aromatic carbocycles. The molecule has 1 heterocycles. The average Bonchev–Trinajstić information content (AvgIpc) is 2.49. The van der Waals surface area contributed by atoms with Crippen LogP contribution in [0.25, 0.3) is 0 Å². The molecule has 22 heavy (non-hydrogen) atoms. The van der Waals surface area contributed by atoms with Gasteiger partial charge in [-0.2, -0.15) is 0 Å². The van der Waals surface area contributed by atoms with Crippen LogP contribution in [0.15, 0.2) is 29.3 Å². The zero-order chi connectivity index (χ0) is 15.9. The highest BCUT2D eigenvalue weighted by Gasteiger charge is 2.13.